The number of aliphatic hydroxyl groups excluding tert-OH is 1. The van der Waals surface area contributed by atoms with Crippen LogP contribution < -0.4 is 4.72 Å². The van der Waals surface area contributed by atoms with Crippen LogP contribution in [0.2, 0.25) is 0 Å². The topological polar surface area (TPSA) is 66.4 Å². The highest BCUT2D eigenvalue weighted by Gasteiger charge is 2.18. The Hall–Kier alpha value is -0.960. The molecule has 0 aliphatic rings. The van der Waals surface area contributed by atoms with Crippen molar-refractivity contribution in [2.24, 2.45) is 0 Å². The van der Waals surface area contributed by atoms with Crippen LogP contribution in [-0.2, 0) is 16.4 Å². The molecule has 0 saturated heterocycles. The van der Waals surface area contributed by atoms with Crippen LogP contribution in [0.4, 0.5) is 10.1 Å². The molecule has 0 saturated carbocycles. The van der Waals surface area contributed by atoms with Crippen LogP contribution in [0.1, 0.15) is 10.4 Å². The van der Waals surface area contributed by atoms with E-state index in [1.165, 1.54) is 12.1 Å². The maximum atomic E-state index is 13.5. The van der Waals surface area contributed by atoms with Crippen molar-refractivity contribution >= 4 is 43.0 Å². The second kappa shape index (κ2) is 6.43. The molecule has 0 fully saturated rings. The number of benzene rings is 1. The monoisotopic (exact) mass is 393 g/mol. The first-order valence-corrected chi connectivity index (χ1v) is 9.11. The largest absolute Gasteiger partial charge is 0.396 e. The van der Waals surface area contributed by atoms with Gasteiger partial charge in [-0.15, -0.1) is 11.3 Å². The fraction of sp³-hybridized carbons (Fsp3) is 0.231. The number of hydrogen-bond acceptors (Lipinski definition) is 4. The van der Waals surface area contributed by atoms with Gasteiger partial charge >= 0.3 is 0 Å². The molecule has 1 aromatic heterocycles. The summed E-state index contributed by atoms with van der Waals surface area (Å²) >= 11 is 4.13. The van der Waals surface area contributed by atoms with Gasteiger partial charge in [-0.1, -0.05) is 0 Å². The fourth-order valence-electron chi connectivity index (χ4n) is 1.70. The number of thiophene rings is 1. The zero-order valence-corrected chi connectivity index (χ0v) is 14.3. The molecule has 0 bridgehead atoms. The van der Waals surface area contributed by atoms with Crippen LogP contribution in [0.25, 0.3) is 0 Å². The number of halogens is 2. The summed E-state index contributed by atoms with van der Waals surface area (Å²) in [5.41, 5.74) is 0.812. The van der Waals surface area contributed by atoms with Gasteiger partial charge in [0.05, 0.1) is 10.2 Å². The summed E-state index contributed by atoms with van der Waals surface area (Å²) < 4.78 is 40.9. The van der Waals surface area contributed by atoms with E-state index in [1.54, 1.807) is 13.0 Å². The van der Waals surface area contributed by atoms with Crippen molar-refractivity contribution in [1.29, 1.82) is 0 Å². The van der Waals surface area contributed by atoms with E-state index < -0.39 is 15.8 Å². The summed E-state index contributed by atoms with van der Waals surface area (Å²) in [6.45, 7) is 1.65. The molecular weight excluding hydrogens is 381 g/mol. The number of nitrogens with one attached hydrogen (secondary N) is 1. The van der Waals surface area contributed by atoms with Crippen LogP contribution in [0.3, 0.4) is 0 Å². The average molecular weight is 394 g/mol. The smallest absolute Gasteiger partial charge is 0.271 e. The van der Waals surface area contributed by atoms with Gasteiger partial charge in [0.25, 0.3) is 10.0 Å². The molecule has 0 unspecified atom stereocenters. The lowest BCUT2D eigenvalue weighted by molar-refractivity contribution is 0.300. The standard InChI is InChI=1S/C13H13BrFNO3S2/c1-8-6-10(14)11(15)7-12(8)16-21(18,19)13-3-2-9(20-13)4-5-17/h2-3,6-7,16-17H,4-5H2,1H3. The summed E-state index contributed by atoms with van der Waals surface area (Å²) in [6, 6.07) is 5.78. The third-order valence-electron chi connectivity index (χ3n) is 2.77. The van der Waals surface area contributed by atoms with Crippen molar-refractivity contribution < 1.29 is 17.9 Å². The van der Waals surface area contributed by atoms with Gasteiger partial charge in [0.2, 0.25) is 0 Å². The Morgan fingerprint density at radius 1 is 1.38 bits per heavy atom. The zero-order valence-electron chi connectivity index (χ0n) is 11.1. The first kappa shape index (κ1) is 16.4. The van der Waals surface area contributed by atoms with Gasteiger partial charge in [0.15, 0.2) is 0 Å². The highest BCUT2D eigenvalue weighted by molar-refractivity contribution is 9.10. The van der Waals surface area contributed by atoms with Crippen molar-refractivity contribution in [3.05, 3.63) is 45.0 Å². The Morgan fingerprint density at radius 3 is 2.76 bits per heavy atom. The number of aliphatic hydroxyl groups is 1. The third-order valence-corrected chi connectivity index (χ3v) is 6.38. The molecule has 0 radical (unpaired) electrons. The SMILES string of the molecule is Cc1cc(Br)c(F)cc1NS(=O)(=O)c1ccc(CCO)s1. The summed E-state index contributed by atoms with van der Waals surface area (Å²) in [6.07, 6.45) is 0.409. The van der Waals surface area contributed by atoms with E-state index in [4.69, 9.17) is 5.11 Å². The quantitative estimate of drug-likeness (QED) is 0.818. The van der Waals surface area contributed by atoms with E-state index in [-0.39, 0.29) is 21.0 Å². The van der Waals surface area contributed by atoms with E-state index in [9.17, 15) is 12.8 Å². The second-order valence-corrected chi connectivity index (χ2v) is 8.31. The minimum Gasteiger partial charge on any atom is -0.396 e. The Morgan fingerprint density at radius 2 is 2.10 bits per heavy atom. The third kappa shape index (κ3) is 3.82. The zero-order chi connectivity index (χ0) is 15.6. The minimum atomic E-state index is -3.76. The normalized spacial score (nSPS) is 11.6. The van der Waals surface area contributed by atoms with E-state index >= 15 is 0 Å². The number of hydrogen-bond donors (Lipinski definition) is 2. The molecule has 1 heterocycles. The molecule has 0 amide bonds. The number of rotatable bonds is 5. The molecule has 0 atom stereocenters. The van der Waals surface area contributed by atoms with Crippen LogP contribution in [0.5, 0.6) is 0 Å². The van der Waals surface area contributed by atoms with Gasteiger partial charge in [0, 0.05) is 17.9 Å². The van der Waals surface area contributed by atoms with E-state index in [2.05, 4.69) is 20.7 Å². The van der Waals surface area contributed by atoms with Crippen molar-refractivity contribution in [3.8, 4) is 0 Å². The Kier molecular flexibility index (Phi) is 5.03. The predicted molar refractivity (Wildman–Crippen MR) is 84.8 cm³/mol. The van der Waals surface area contributed by atoms with E-state index in [1.807, 2.05) is 0 Å². The predicted octanol–water partition coefficient (Wildman–Crippen LogP) is 3.29. The van der Waals surface area contributed by atoms with Gasteiger partial charge in [-0.05, 0) is 52.7 Å². The Labute approximate surface area is 134 Å². The molecule has 0 aliphatic carbocycles. The molecule has 2 N–H and O–H groups in total. The fourth-order valence-corrected chi connectivity index (χ4v) is 4.62. The molecule has 0 aliphatic heterocycles. The van der Waals surface area contributed by atoms with Crippen molar-refractivity contribution in [2.75, 3.05) is 11.3 Å². The van der Waals surface area contributed by atoms with Crippen LogP contribution >= 0.6 is 27.3 Å². The highest BCUT2D eigenvalue weighted by atomic mass is 79.9. The summed E-state index contributed by atoms with van der Waals surface area (Å²) in [5, 5.41) is 8.86. The number of aryl methyl sites for hydroxylation is 1. The first-order chi connectivity index (χ1) is 9.83. The van der Waals surface area contributed by atoms with Crippen LogP contribution in [0.15, 0.2) is 32.9 Å². The lowest BCUT2D eigenvalue weighted by Crippen LogP contribution is -2.12. The maximum absolute atomic E-state index is 13.5. The van der Waals surface area contributed by atoms with Crippen LogP contribution in [0, 0.1) is 12.7 Å². The van der Waals surface area contributed by atoms with Gasteiger partial charge in [-0.3, -0.25) is 4.72 Å². The molecular formula is C13H13BrFNO3S2. The van der Waals surface area contributed by atoms with E-state index in [0.717, 1.165) is 22.3 Å². The molecule has 1 aromatic carbocycles. The van der Waals surface area contributed by atoms with E-state index in [0.29, 0.717) is 12.0 Å². The molecule has 2 rings (SSSR count). The average Bonchev–Trinajstić information content (AvgIpc) is 2.86. The van der Waals surface area contributed by atoms with Gasteiger partial charge in [-0.2, -0.15) is 0 Å². The minimum absolute atomic E-state index is 0.0372. The molecule has 21 heavy (non-hydrogen) atoms. The Bertz CT molecular complexity index is 759. The van der Waals surface area contributed by atoms with Crippen LogP contribution in [-0.4, -0.2) is 20.1 Å². The summed E-state index contributed by atoms with van der Waals surface area (Å²) in [4.78, 5) is 0.775. The summed E-state index contributed by atoms with van der Waals surface area (Å²) in [7, 11) is -3.76. The van der Waals surface area contributed by atoms with Crippen molar-refractivity contribution in [3.63, 3.8) is 0 Å². The van der Waals surface area contributed by atoms with Gasteiger partial charge in [-0.25, -0.2) is 12.8 Å². The maximum Gasteiger partial charge on any atom is 0.271 e. The summed E-state index contributed by atoms with van der Waals surface area (Å²) in [5.74, 6) is -0.537. The lowest BCUT2D eigenvalue weighted by atomic mass is 10.2. The van der Waals surface area contributed by atoms with Gasteiger partial charge < -0.3 is 5.11 Å². The second-order valence-electron chi connectivity index (χ2n) is 4.38. The number of sulfonamides is 1. The molecule has 8 heteroatoms. The lowest BCUT2D eigenvalue weighted by Gasteiger charge is -2.10. The van der Waals surface area contributed by atoms with Crippen molar-refractivity contribution in [2.45, 2.75) is 17.6 Å². The molecule has 2 aromatic rings. The molecule has 114 valence electrons. The molecule has 0 spiro atoms. The molecule has 4 nitrogen and oxygen atoms in total. The number of anilines is 1. The van der Waals surface area contributed by atoms with Gasteiger partial charge in [0.1, 0.15) is 10.0 Å². The Balaban J connectivity index is 2.30. The van der Waals surface area contributed by atoms with Crippen molar-refractivity contribution in [1.82, 2.24) is 0 Å². The first-order valence-electron chi connectivity index (χ1n) is 6.01. The highest BCUT2D eigenvalue weighted by Crippen LogP contribution is 2.28.